The number of benzene rings is 2. The van der Waals surface area contributed by atoms with Crippen molar-refractivity contribution >= 4 is 23.0 Å². The van der Waals surface area contributed by atoms with E-state index in [9.17, 15) is 14.9 Å². The standard InChI is InChI=1S/C20H23N3O4/c1-14-5-4-6-18(15(14)2)21(3)20(24)17-13-16(23(25)26)7-8-19(17)22-9-11-27-12-10-22/h4-8,13H,9-12H2,1-3H3. The number of rotatable bonds is 4. The van der Waals surface area contributed by atoms with E-state index in [-0.39, 0.29) is 11.6 Å². The molecule has 0 atom stereocenters. The van der Waals surface area contributed by atoms with Crippen LogP contribution in [-0.2, 0) is 4.74 Å². The molecule has 1 amide bonds. The molecule has 0 N–H and O–H groups in total. The Morgan fingerprint density at radius 1 is 1.19 bits per heavy atom. The number of carbonyl (C=O) groups excluding carboxylic acids is 1. The van der Waals surface area contributed by atoms with Crippen LogP contribution < -0.4 is 9.80 Å². The second-order valence-electron chi connectivity index (χ2n) is 6.64. The third kappa shape index (κ3) is 3.78. The first-order valence-corrected chi connectivity index (χ1v) is 8.85. The number of amides is 1. The van der Waals surface area contributed by atoms with Crippen LogP contribution in [0, 0.1) is 24.0 Å². The molecule has 0 aliphatic carbocycles. The Kier molecular flexibility index (Phi) is 5.41. The van der Waals surface area contributed by atoms with Crippen molar-refractivity contribution in [2.24, 2.45) is 0 Å². The zero-order valence-electron chi connectivity index (χ0n) is 15.8. The van der Waals surface area contributed by atoms with Crippen LogP contribution in [0.15, 0.2) is 36.4 Å². The molecular weight excluding hydrogens is 346 g/mol. The van der Waals surface area contributed by atoms with Crippen molar-refractivity contribution in [1.29, 1.82) is 0 Å². The van der Waals surface area contributed by atoms with E-state index in [0.717, 1.165) is 16.8 Å². The fourth-order valence-electron chi connectivity index (χ4n) is 3.28. The summed E-state index contributed by atoms with van der Waals surface area (Å²) >= 11 is 0. The molecule has 2 aromatic carbocycles. The fraction of sp³-hybridized carbons (Fsp3) is 0.350. The number of hydrogen-bond donors (Lipinski definition) is 0. The molecule has 0 unspecified atom stereocenters. The van der Waals surface area contributed by atoms with Gasteiger partial charge in [-0.15, -0.1) is 0 Å². The van der Waals surface area contributed by atoms with Gasteiger partial charge in [0.25, 0.3) is 11.6 Å². The fourth-order valence-corrected chi connectivity index (χ4v) is 3.28. The third-order valence-corrected chi connectivity index (χ3v) is 5.02. The Balaban J connectivity index is 2.04. The lowest BCUT2D eigenvalue weighted by Gasteiger charge is -2.31. The quantitative estimate of drug-likeness (QED) is 0.610. The van der Waals surface area contributed by atoms with Crippen LogP contribution in [0.5, 0.6) is 0 Å². The van der Waals surface area contributed by atoms with E-state index in [1.807, 2.05) is 36.9 Å². The summed E-state index contributed by atoms with van der Waals surface area (Å²) in [5.74, 6) is -0.270. The molecule has 0 saturated carbocycles. The van der Waals surface area contributed by atoms with Gasteiger partial charge in [-0.05, 0) is 37.1 Å². The van der Waals surface area contributed by atoms with Crippen molar-refractivity contribution in [2.75, 3.05) is 43.2 Å². The number of nitro benzene ring substituents is 1. The topological polar surface area (TPSA) is 75.9 Å². The van der Waals surface area contributed by atoms with Crippen LogP contribution >= 0.6 is 0 Å². The highest BCUT2D eigenvalue weighted by atomic mass is 16.6. The van der Waals surface area contributed by atoms with Gasteiger partial charge < -0.3 is 14.5 Å². The molecule has 2 aromatic rings. The van der Waals surface area contributed by atoms with Crippen LogP contribution in [0.1, 0.15) is 21.5 Å². The normalized spacial score (nSPS) is 14.1. The summed E-state index contributed by atoms with van der Waals surface area (Å²) in [5.41, 5.74) is 3.82. The van der Waals surface area contributed by atoms with Gasteiger partial charge in [-0.3, -0.25) is 14.9 Å². The molecule has 1 fully saturated rings. The molecule has 0 bridgehead atoms. The monoisotopic (exact) mass is 369 g/mol. The molecule has 1 aliphatic rings. The van der Waals surface area contributed by atoms with Crippen LogP contribution in [0.4, 0.5) is 17.1 Å². The maximum absolute atomic E-state index is 13.3. The number of non-ortho nitro benzene ring substituents is 1. The largest absolute Gasteiger partial charge is 0.378 e. The van der Waals surface area contributed by atoms with Crippen molar-refractivity contribution in [2.45, 2.75) is 13.8 Å². The van der Waals surface area contributed by atoms with Crippen LogP contribution in [0.2, 0.25) is 0 Å². The maximum Gasteiger partial charge on any atom is 0.270 e. The van der Waals surface area contributed by atoms with E-state index >= 15 is 0 Å². The number of aryl methyl sites for hydroxylation is 1. The summed E-state index contributed by atoms with van der Waals surface area (Å²) in [6.07, 6.45) is 0. The predicted octanol–water partition coefficient (Wildman–Crippen LogP) is 3.32. The molecule has 1 saturated heterocycles. The second kappa shape index (κ2) is 7.75. The zero-order valence-corrected chi connectivity index (χ0v) is 15.8. The van der Waals surface area contributed by atoms with Crippen molar-refractivity contribution in [3.05, 3.63) is 63.2 Å². The predicted molar refractivity (Wildman–Crippen MR) is 105 cm³/mol. The SMILES string of the molecule is Cc1cccc(N(C)C(=O)c2cc([N+](=O)[O-])ccc2N2CCOCC2)c1C. The first-order chi connectivity index (χ1) is 12.9. The van der Waals surface area contributed by atoms with Crippen LogP contribution in [-0.4, -0.2) is 44.2 Å². The van der Waals surface area contributed by atoms with Crippen LogP contribution in [0.3, 0.4) is 0 Å². The first kappa shape index (κ1) is 18.8. The lowest BCUT2D eigenvalue weighted by molar-refractivity contribution is -0.384. The molecule has 3 rings (SSSR count). The van der Waals surface area contributed by atoms with Crippen molar-refractivity contribution < 1.29 is 14.5 Å². The van der Waals surface area contributed by atoms with Crippen LogP contribution in [0.25, 0.3) is 0 Å². The number of hydrogen-bond acceptors (Lipinski definition) is 5. The van der Waals surface area contributed by atoms with Crippen molar-refractivity contribution in [3.8, 4) is 0 Å². The van der Waals surface area contributed by atoms with Gasteiger partial charge in [0.15, 0.2) is 0 Å². The van der Waals surface area contributed by atoms with Gasteiger partial charge in [-0.25, -0.2) is 0 Å². The Bertz CT molecular complexity index is 876. The number of nitrogens with zero attached hydrogens (tertiary/aromatic N) is 3. The summed E-state index contributed by atoms with van der Waals surface area (Å²) in [7, 11) is 1.70. The minimum atomic E-state index is -0.474. The Labute approximate surface area is 158 Å². The molecule has 1 aliphatic heterocycles. The number of anilines is 2. The van der Waals surface area contributed by atoms with E-state index in [1.54, 1.807) is 18.0 Å². The van der Waals surface area contributed by atoms with E-state index in [1.165, 1.54) is 12.1 Å². The number of ether oxygens (including phenoxy) is 1. The molecule has 0 radical (unpaired) electrons. The lowest BCUT2D eigenvalue weighted by atomic mass is 10.1. The number of carbonyl (C=O) groups is 1. The Hall–Kier alpha value is -2.93. The Morgan fingerprint density at radius 2 is 1.89 bits per heavy atom. The molecular formula is C20H23N3O4. The number of nitro groups is 1. The van der Waals surface area contributed by atoms with Gasteiger partial charge in [-0.2, -0.15) is 0 Å². The highest BCUT2D eigenvalue weighted by Crippen LogP contribution is 2.30. The summed E-state index contributed by atoms with van der Waals surface area (Å²) in [6.45, 7) is 6.37. The minimum absolute atomic E-state index is 0.0928. The Morgan fingerprint density at radius 3 is 2.56 bits per heavy atom. The first-order valence-electron chi connectivity index (χ1n) is 8.85. The second-order valence-corrected chi connectivity index (χ2v) is 6.64. The molecule has 7 nitrogen and oxygen atoms in total. The summed E-state index contributed by atoms with van der Waals surface area (Å²) in [4.78, 5) is 27.7. The smallest absolute Gasteiger partial charge is 0.270 e. The molecule has 1 heterocycles. The molecule has 0 spiro atoms. The van der Waals surface area contributed by atoms with Crippen molar-refractivity contribution in [3.63, 3.8) is 0 Å². The molecule has 142 valence electrons. The summed E-state index contributed by atoms with van der Waals surface area (Å²) in [6, 6.07) is 10.2. The molecule has 0 aromatic heterocycles. The van der Waals surface area contributed by atoms with E-state index in [4.69, 9.17) is 4.74 Å². The summed E-state index contributed by atoms with van der Waals surface area (Å²) in [5, 5.41) is 11.2. The minimum Gasteiger partial charge on any atom is -0.378 e. The van der Waals surface area contributed by atoms with E-state index < -0.39 is 4.92 Å². The molecule has 27 heavy (non-hydrogen) atoms. The van der Waals surface area contributed by atoms with Gasteiger partial charge in [0.05, 0.1) is 29.4 Å². The van der Waals surface area contributed by atoms with E-state index in [2.05, 4.69) is 0 Å². The van der Waals surface area contributed by atoms with E-state index in [0.29, 0.717) is 37.6 Å². The van der Waals surface area contributed by atoms with Crippen molar-refractivity contribution in [1.82, 2.24) is 0 Å². The highest BCUT2D eigenvalue weighted by Gasteiger charge is 2.25. The highest BCUT2D eigenvalue weighted by molar-refractivity contribution is 6.10. The van der Waals surface area contributed by atoms with Gasteiger partial charge in [0.2, 0.25) is 0 Å². The average Bonchev–Trinajstić information content (AvgIpc) is 2.69. The average molecular weight is 369 g/mol. The lowest BCUT2D eigenvalue weighted by Crippen LogP contribution is -2.38. The van der Waals surface area contributed by atoms with Gasteiger partial charge in [0.1, 0.15) is 0 Å². The third-order valence-electron chi connectivity index (χ3n) is 5.02. The number of morpholine rings is 1. The van der Waals surface area contributed by atoms with Gasteiger partial charge in [0, 0.05) is 38.0 Å². The summed E-state index contributed by atoms with van der Waals surface area (Å²) < 4.78 is 5.38. The van der Waals surface area contributed by atoms with Gasteiger partial charge >= 0.3 is 0 Å². The van der Waals surface area contributed by atoms with Gasteiger partial charge in [-0.1, -0.05) is 12.1 Å². The maximum atomic E-state index is 13.3. The zero-order chi connectivity index (χ0) is 19.6. The molecule has 7 heteroatoms.